The fourth-order valence-electron chi connectivity index (χ4n) is 2.06. The van der Waals surface area contributed by atoms with Gasteiger partial charge in [-0.15, -0.1) is 0 Å². The fraction of sp³-hybridized carbons (Fsp3) is 0.250. The van der Waals surface area contributed by atoms with Crippen LogP contribution < -0.4 is 10.1 Å². The Balaban J connectivity index is 1.95. The van der Waals surface area contributed by atoms with E-state index >= 15 is 0 Å². The van der Waals surface area contributed by atoms with Crippen LogP contribution in [-0.2, 0) is 4.79 Å². The molecule has 0 aliphatic carbocycles. The summed E-state index contributed by atoms with van der Waals surface area (Å²) in [7, 11) is 0. The second-order valence-electron chi connectivity index (χ2n) is 5.27. The highest BCUT2D eigenvalue weighted by molar-refractivity contribution is 7.22. The van der Waals surface area contributed by atoms with E-state index in [4.69, 9.17) is 4.74 Å². The van der Waals surface area contributed by atoms with Gasteiger partial charge in [-0.25, -0.2) is 9.97 Å². The van der Waals surface area contributed by atoms with Crippen molar-refractivity contribution in [2.45, 2.75) is 26.9 Å². The highest BCUT2D eigenvalue weighted by Gasteiger charge is 2.09. The molecule has 3 aromatic rings. The lowest BCUT2D eigenvalue weighted by atomic mass is 10.1. The van der Waals surface area contributed by atoms with Gasteiger partial charge in [0.25, 0.3) is 0 Å². The lowest BCUT2D eigenvalue weighted by molar-refractivity contribution is -0.114. The number of amides is 1. The van der Waals surface area contributed by atoms with E-state index in [1.165, 1.54) is 18.3 Å². The maximum atomic E-state index is 11.1. The van der Waals surface area contributed by atoms with E-state index in [0.29, 0.717) is 11.1 Å². The van der Waals surface area contributed by atoms with Gasteiger partial charge in [0.2, 0.25) is 5.91 Å². The highest BCUT2D eigenvalue weighted by atomic mass is 32.1. The average Bonchev–Trinajstić information content (AvgIpc) is 2.87. The first kappa shape index (κ1) is 15.4. The first-order valence-corrected chi connectivity index (χ1v) is 8.01. The van der Waals surface area contributed by atoms with E-state index in [1.54, 1.807) is 6.20 Å². The van der Waals surface area contributed by atoms with Crippen LogP contribution in [0, 0.1) is 0 Å². The van der Waals surface area contributed by atoms with Crippen LogP contribution in [0.2, 0.25) is 0 Å². The Morgan fingerprint density at radius 3 is 2.83 bits per heavy atom. The Morgan fingerprint density at radius 1 is 1.26 bits per heavy atom. The zero-order chi connectivity index (χ0) is 16.4. The van der Waals surface area contributed by atoms with Crippen molar-refractivity contribution in [3.63, 3.8) is 0 Å². The number of hydrogen-bond donors (Lipinski definition) is 1. The van der Waals surface area contributed by atoms with Crippen molar-refractivity contribution >= 4 is 32.6 Å². The second-order valence-corrected chi connectivity index (χ2v) is 6.30. The summed E-state index contributed by atoms with van der Waals surface area (Å²) in [5.41, 5.74) is 2.58. The van der Waals surface area contributed by atoms with Gasteiger partial charge < -0.3 is 10.1 Å². The Hall–Kier alpha value is -2.54. The number of rotatable bonds is 4. The van der Waals surface area contributed by atoms with E-state index in [0.717, 1.165) is 21.5 Å². The number of benzene rings is 1. The molecule has 0 saturated heterocycles. The van der Waals surface area contributed by atoms with Crippen molar-refractivity contribution in [2.75, 3.05) is 5.32 Å². The van der Waals surface area contributed by atoms with Gasteiger partial charge in [0.05, 0.1) is 22.0 Å². The summed E-state index contributed by atoms with van der Waals surface area (Å²) < 4.78 is 6.51. The van der Waals surface area contributed by atoms with Crippen molar-refractivity contribution < 1.29 is 9.53 Å². The molecule has 118 valence electrons. The summed E-state index contributed by atoms with van der Waals surface area (Å²) in [6.45, 7) is 5.33. The van der Waals surface area contributed by atoms with E-state index in [1.807, 2.05) is 38.1 Å². The predicted molar refractivity (Wildman–Crippen MR) is 90.7 cm³/mol. The Morgan fingerprint density at radius 2 is 2.09 bits per heavy atom. The smallest absolute Gasteiger partial charge is 0.317 e. The molecular formula is C16H16N4O2S. The van der Waals surface area contributed by atoms with Gasteiger partial charge in [0, 0.05) is 18.7 Å². The topological polar surface area (TPSA) is 77.0 Å². The monoisotopic (exact) mass is 328 g/mol. The summed E-state index contributed by atoms with van der Waals surface area (Å²) in [6.07, 6.45) is 1.70. The molecule has 1 amide bonds. The maximum Gasteiger partial charge on any atom is 0.317 e. The Labute approximate surface area is 137 Å². The van der Waals surface area contributed by atoms with Gasteiger partial charge in [-0.3, -0.25) is 4.79 Å². The molecule has 0 fully saturated rings. The number of anilines is 1. The van der Waals surface area contributed by atoms with Crippen LogP contribution in [0.15, 0.2) is 30.5 Å². The average molecular weight is 328 g/mol. The molecule has 3 rings (SSSR count). The van der Waals surface area contributed by atoms with Gasteiger partial charge in [-0.2, -0.15) is 4.98 Å². The Bertz CT molecular complexity index is 860. The lowest BCUT2D eigenvalue weighted by Crippen LogP contribution is -2.08. The fourth-order valence-corrected chi connectivity index (χ4v) is 3.01. The normalized spacial score (nSPS) is 11.0. The molecule has 6 nitrogen and oxygen atoms in total. The number of hydrogen-bond acceptors (Lipinski definition) is 6. The number of carbonyl (C=O) groups is 1. The van der Waals surface area contributed by atoms with Crippen LogP contribution in [0.3, 0.4) is 0 Å². The summed E-state index contributed by atoms with van der Waals surface area (Å²) in [5.74, 6) is -0.129. The largest absolute Gasteiger partial charge is 0.461 e. The van der Waals surface area contributed by atoms with Crippen molar-refractivity contribution in [1.29, 1.82) is 0 Å². The maximum absolute atomic E-state index is 11.1. The van der Waals surface area contributed by atoms with Crippen LogP contribution in [0.1, 0.15) is 20.8 Å². The number of aromatic nitrogens is 3. The second kappa shape index (κ2) is 6.29. The highest BCUT2D eigenvalue weighted by Crippen LogP contribution is 2.30. The Kier molecular flexibility index (Phi) is 4.20. The zero-order valence-electron chi connectivity index (χ0n) is 13.0. The third-order valence-corrected chi connectivity index (χ3v) is 3.88. The van der Waals surface area contributed by atoms with Gasteiger partial charge in [0.1, 0.15) is 0 Å². The molecule has 0 aliphatic rings. The molecule has 0 bridgehead atoms. The van der Waals surface area contributed by atoms with Crippen LogP contribution >= 0.6 is 11.3 Å². The summed E-state index contributed by atoms with van der Waals surface area (Å²) >= 11 is 1.43. The molecule has 0 atom stereocenters. The van der Waals surface area contributed by atoms with E-state index in [-0.39, 0.29) is 12.0 Å². The van der Waals surface area contributed by atoms with Gasteiger partial charge in [0.15, 0.2) is 5.13 Å². The van der Waals surface area contributed by atoms with Crippen molar-refractivity contribution in [2.24, 2.45) is 0 Å². The minimum atomic E-state index is -0.129. The van der Waals surface area contributed by atoms with E-state index < -0.39 is 0 Å². The number of nitrogens with zero attached hydrogens (tertiary/aromatic N) is 3. The molecule has 0 saturated carbocycles. The molecule has 1 N–H and O–H groups in total. The van der Waals surface area contributed by atoms with Gasteiger partial charge in [-0.05, 0) is 32.0 Å². The summed E-state index contributed by atoms with van der Waals surface area (Å²) in [5, 5.41) is 3.30. The summed E-state index contributed by atoms with van der Waals surface area (Å²) in [6, 6.07) is 8.06. The van der Waals surface area contributed by atoms with E-state index in [9.17, 15) is 4.79 Å². The molecule has 7 heteroatoms. The van der Waals surface area contributed by atoms with Crippen LogP contribution in [0.4, 0.5) is 5.13 Å². The number of nitrogens with one attached hydrogen (secondary N) is 1. The minimum Gasteiger partial charge on any atom is -0.461 e. The molecule has 0 unspecified atom stereocenters. The van der Waals surface area contributed by atoms with Crippen molar-refractivity contribution in [3.8, 4) is 17.3 Å². The van der Waals surface area contributed by atoms with Gasteiger partial charge in [-0.1, -0.05) is 17.4 Å². The lowest BCUT2D eigenvalue weighted by Gasteiger charge is -2.08. The number of ether oxygens (including phenoxy) is 1. The number of fused-ring (bicyclic) bond motifs is 1. The molecule has 0 aliphatic heterocycles. The summed E-state index contributed by atoms with van der Waals surface area (Å²) in [4.78, 5) is 24.0. The molecule has 23 heavy (non-hydrogen) atoms. The third-order valence-electron chi connectivity index (χ3n) is 2.94. The zero-order valence-corrected chi connectivity index (χ0v) is 13.8. The standard InChI is InChI=1S/C16H16N4O2S/c1-9(2)22-15-17-7-6-12(19-15)11-4-5-13-14(8-11)23-16(20-13)18-10(3)21/h4-9H,1-3H3,(H,18,20,21). The molecule has 0 radical (unpaired) electrons. The molecular weight excluding hydrogens is 312 g/mol. The quantitative estimate of drug-likeness (QED) is 0.793. The SMILES string of the molecule is CC(=O)Nc1nc2ccc(-c3ccnc(OC(C)C)n3)cc2s1. The molecule has 1 aromatic carbocycles. The van der Waals surface area contributed by atoms with Crippen LogP contribution in [0.5, 0.6) is 6.01 Å². The number of carbonyl (C=O) groups excluding carboxylic acids is 1. The third kappa shape index (κ3) is 3.62. The first-order chi connectivity index (χ1) is 11.0. The predicted octanol–water partition coefficient (Wildman–Crippen LogP) is 3.50. The van der Waals surface area contributed by atoms with Crippen LogP contribution in [0.25, 0.3) is 21.5 Å². The van der Waals surface area contributed by atoms with Crippen molar-refractivity contribution in [1.82, 2.24) is 15.0 Å². The van der Waals surface area contributed by atoms with Gasteiger partial charge >= 0.3 is 6.01 Å². The van der Waals surface area contributed by atoms with E-state index in [2.05, 4.69) is 20.3 Å². The molecule has 0 spiro atoms. The van der Waals surface area contributed by atoms with Crippen molar-refractivity contribution in [3.05, 3.63) is 30.5 Å². The molecule has 2 heterocycles. The number of thiazole rings is 1. The first-order valence-electron chi connectivity index (χ1n) is 7.19. The molecule has 2 aromatic heterocycles. The minimum absolute atomic E-state index is 0.0226. The van der Waals surface area contributed by atoms with Crippen LogP contribution in [-0.4, -0.2) is 27.0 Å².